The molecular weight excluding hydrogens is 326 g/mol. The molecule has 1 aromatic carbocycles. The number of carbonyl (C=O) groups excluding carboxylic acids is 2. The number of rotatable bonds is 7. The van der Waals surface area contributed by atoms with Gasteiger partial charge in [-0.05, 0) is 19.1 Å². The van der Waals surface area contributed by atoms with Crippen LogP contribution in [0.1, 0.15) is 13.3 Å². The number of carbonyl (C=O) groups is 2. The molecule has 0 aromatic heterocycles. The van der Waals surface area contributed by atoms with E-state index in [0.717, 1.165) is 0 Å². The first-order valence-electron chi connectivity index (χ1n) is 8.06. The number of nitrogens with one attached hydrogen (secondary N) is 2. The van der Waals surface area contributed by atoms with Crippen LogP contribution >= 0.6 is 0 Å². The van der Waals surface area contributed by atoms with Crippen LogP contribution in [0.25, 0.3) is 0 Å². The first kappa shape index (κ1) is 18.9. The second-order valence-electron chi connectivity index (χ2n) is 5.92. The molecule has 2 atom stereocenters. The lowest BCUT2D eigenvalue weighted by Crippen LogP contribution is -2.47. The summed E-state index contributed by atoms with van der Waals surface area (Å²) in [5, 5.41) is 5.59. The molecule has 0 bridgehead atoms. The Hall–Kier alpha value is -2.48. The molecule has 0 spiro atoms. The number of ether oxygens (including phenoxy) is 3. The number of benzene rings is 1. The SMILES string of the molecule is COC[C@H](C)NC(=O)N[C@@H]1CC(=O)N(c2ccc(OC)c(OC)c2)C1. The molecule has 0 unspecified atom stereocenters. The van der Waals surface area contributed by atoms with Crippen molar-refractivity contribution in [3.63, 3.8) is 0 Å². The van der Waals surface area contributed by atoms with Crippen molar-refractivity contribution in [1.82, 2.24) is 10.6 Å². The number of hydrogen-bond donors (Lipinski definition) is 2. The maximum Gasteiger partial charge on any atom is 0.315 e. The molecule has 8 heteroatoms. The van der Waals surface area contributed by atoms with Gasteiger partial charge in [-0.1, -0.05) is 0 Å². The molecule has 8 nitrogen and oxygen atoms in total. The summed E-state index contributed by atoms with van der Waals surface area (Å²) in [6.45, 7) is 2.67. The third kappa shape index (κ3) is 4.76. The fraction of sp³-hybridized carbons (Fsp3) is 0.529. The van der Waals surface area contributed by atoms with Gasteiger partial charge in [-0.3, -0.25) is 4.79 Å². The average molecular weight is 351 g/mol. The molecule has 0 radical (unpaired) electrons. The van der Waals surface area contributed by atoms with Crippen LogP contribution in [-0.2, 0) is 9.53 Å². The number of urea groups is 1. The summed E-state index contributed by atoms with van der Waals surface area (Å²) in [4.78, 5) is 25.9. The molecular formula is C17H25N3O5. The highest BCUT2D eigenvalue weighted by Crippen LogP contribution is 2.33. The predicted octanol–water partition coefficient (Wildman–Crippen LogP) is 1.14. The van der Waals surface area contributed by atoms with Gasteiger partial charge in [-0.25, -0.2) is 4.79 Å². The zero-order valence-corrected chi connectivity index (χ0v) is 15.0. The van der Waals surface area contributed by atoms with Gasteiger partial charge in [0.05, 0.1) is 32.9 Å². The molecule has 138 valence electrons. The smallest absolute Gasteiger partial charge is 0.315 e. The van der Waals surface area contributed by atoms with E-state index in [1.165, 1.54) is 0 Å². The van der Waals surface area contributed by atoms with E-state index in [-0.39, 0.29) is 30.4 Å². The van der Waals surface area contributed by atoms with Crippen LogP contribution in [0.5, 0.6) is 11.5 Å². The molecule has 1 aliphatic heterocycles. The Labute approximate surface area is 147 Å². The summed E-state index contributed by atoms with van der Waals surface area (Å²) in [6.07, 6.45) is 0.250. The van der Waals surface area contributed by atoms with E-state index in [1.54, 1.807) is 44.4 Å². The van der Waals surface area contributed by atoms with E-state index >= 15 is 0 Å². The molecule has 3 amide bonds. The van der Waals surface area contributed by atoms with E-state index < -0.39 is 0 Å². The molecule has 1 saturated heterocycles. The Balaban J connectivity index is 1.99. The highest BCUT2D eigenvalue weighted by Gasteiger charge is 2.32. The van der Waals surface area contributed by atoms with Gasteiger partial charge in [0.1, 0.15) is 0 Å². The minimum absolute atomic E-state index is 0.0533. The van der Waals surface area contributed by atoms with Gasteiger partial charge in [0.2, 0.25) is 5.91 Å². The summed E-state index contributed by atoms with van der Waals surface area (Å²) in [7, 11) is 4.68. The van der Waals surface area contributed by atoms with Crippen molar-refractivity contribution in [2.24, 2.45) is 0 Å². The highest BCUT2D eigenvalue weighted by atomic mass is 16.5. The molecule has 2 N–H and O–H groups in total. The average Bonchev–Trinajstić information content (AvgIpc) is 2.94. The molecule has 1 aromatic rings. The van der Waals surface area contributed by atoms with E-state index in [1.807, 2.05) is 6.92 Å². The number of nitrogens with zero attached hydrogens (tertiary/aromatic N) is 1. The quantitative estimate of drug-likeness (QED) is 0.769. The van der Waals surface area contributed by atoms with Crippen LogP contribution in [0.3, 0.4) is 0 Å². The van der Waals surface area contributed by atoms with Gasteiger partial charge in [-0.15, -0.1) is 0 Å². The predicted molar refractivity (Wildman–Crippen MR) is 93.3 cm³/mol. The van der Waals surface area contributed by atoms with Gasteiger partial charge in [0, 0.05) is 31.8 Å². The summed E-state index contributed by atoms with van der Waals surface area (Å²) in [6, 6.07) is 4.62. The van der Waals surface area contributed by atoms with Crippen molar-refractivity contribution in [2.45, 2.75) is 25.4 Å². The number of amides is 3. The maximum absolute atomic E-state index is 12.3. The van der Waals surface area contributed by atoms with Crippen LogP contribution in [-0.4, -0.2) is 58.5 Å². The van der Waals surface area contributed by atoms with E-state index in [4.69, 9.17) is 14.2 Å². The van der Waals surface area contributed by atoms with Gasteiger partial charge >= 0.3 is 6.03 Å². The molecule has 0 saturated carbocycles. The van der Waals surface area contributed by atoms with E-state index in [9.17, 15) is 9.59 Å². The first-order chi connectivity index (χ1) is 12.0. The Morgan fingerprint density at radius 2 is 2.00 bits per heavy atom. The number of methoxy groups -OCH3 is 3. The van der Waals surface area contributed by atoms with Crippen LogP contribution < -0.4 is 25.0 Å². The minimum Gasteiger partial charge on any atom is -0.493 e. The van der Waals surface area contributed by atoms with Crippen molar-refractivity contribution in [2.75, 3.05) is 39.4 Å². The van der Waals surface area contributed by atoms with Crippen LogP contribution in [0.15, 0.2) is 18.2 Å². The zero-order chi connectivity index (χ0) is 18.4. The topological polar surface area (TPSA) is 89.1 Å². The fourth-order valence-corrected chi connectivity index (χ4v) is 2.79. The Kier molecular flexibility index (Phi) is 6.46. The summed E-state index contributed by atoms with van der Waals surface area (Å²) in [5.41, 5.74) is 0.708. The second kappa shape index (κ2) is 8.57. The van der Waals surface area contributed by atoms with Gasteiger partial charge in [0.15, 0.2) is 11.5 Å². The molecule has 1 fully saturated rings. The third-order valence-electron chi connectivity index (χ3n) is 3.93. The summed E-state index contributed by atoms with van der Waals surface area (Å²) in [5.74, 6) is 1.09. The molecule has 0 aliphatic carbocycles. The van der Waals surface area contributed by atoms with Crippen molar-refractivity contribution >= 4 is 17.6 Å². The van der Waals surface area contributed by atoms with Crippen molar-refractivity contribution < 1.29 is 23.8 Å². The summed E-state index contributed by atoms with van der Waals surface area (Å²) >= 11 is 0. The largest absolute Gasteiger partial charge is 0.493 e. The third-order valence-corrected chi connectivity index (χ3v) is 3.93. The van der Waals surface area contributed by atoms with E-state index in [0.29, 0.717) is 30.3 Å². The normalized spacial score (nSPS) is 18.0. The standard InChI is InChI=1S/C17H25N3O5/c1-11(10-23-2)18-17(22)19-12-7-16(21)20(9-12)13-5-6-14(24-3)15(8-13)25-4/h5-6,8,11-12H,7,9-10H2,1-4H3,(H2,18,19,22)/t11-,12+/m0/s1. The second-order valence-corrected chi connectivity index (χ2v) is 5.92. The lowest BCUT2D eigenvalue weighted by molar-refractivity contribution is -0.117. The Morgan fingerprint density at radius 3 is 2.64 bits per heavy atom. The monoisotopic (exact) mass is 351 g/mol. The lowest BCUT2D eigenvalue weighted by atomic mass is 10.2. The lowest BCUT2D eigenvalue weighted by Gasteiger charge is -2.19. The Bertz CT molecular complexity index is 622. The zero-order valence-electron chi connectivity index (χ0n) is 15.0. The van der Waals surface area contributed by atoms with Gasteiger partial charge in [-0.2, -0.15) is 0 Å². The van der Waals surface area contributed by atoms with Crippen molar-refractivity contribution in [1.29, 1.82) is 0 Å². The number of hydrogen-bond acceptors (Lipinski definition) is 5. The molecule has 1 heterocycles. The number of anilines is 1. The van der Waals surface area contributed by atoms with Crippen LogP contribution in [0.4, 0.5) is 10.5 Å². The summed E-state index contributed by atoms with van der Waals surface area (Å²) < 4.78 is 15.5. The molecule has 2 rings (SSSR count). The minimum atomic E-state index is -0.309. The van der Waals surface area contributed by atoms with Crippen LogP contribution in [0.2, 0.25) is 0 Å². The van der Waals surface area contributed by atoms with Crippen molar-refractivity contribution in [3.8, 4) is 11.5 Å². The fourth-order valence-electron chi connectivity index (χ4n) is 2.79. The van der Waals surface area contributed by atoms with Gasteiger partial charge in [0.25, 0.3) is 0 Å². The van der Waals surface area contributed by atoms with Gasteiger partial charge < -0.3 is 29.7 Å². The molecule has 25 heavy (non-hydrogen) atoms. The van der Waals surface area contributed by atoms with Crippen molar-refractivity contribution in [3.05, 3.63) is 18.2 Å². The first-order valence-corrected chi connectivity index (χ1v) is 8.06. The Morgan fingerprint density at radius 1 is 1.28 bits per heavy atom. The molecule has 1 aliphatic rings. The highest BCUT2D eigenvalue weighted by molar-refractivity contribution is 5.97. The van der Waals surface area contributed by atoms with Crippen LogP contribution in [0, 0.1) is 0 Å². The maximum atomic E-state index is 12.3. The van der Waals surface area contributed by atoms with E-state index in [2.05, 4.69) is 10.6 Å².